The molecule has 0 aliphatic rings. The lowest BCUT2D eigenvalue weighted by molar-refractivity contribution is 0.413. The number of aromatic amines is 1. The van der Waals surface area contributed by atoms with Gasteiger partial charge in [-0.15, -0.1) is 0 Å². The molecule has 0 fully saturated rings. The zero-order valence-corrected chi connectivity index (χ0v) is 17.7. The maximum Gasteiger partial charge on any atom is 0.237 e. The summed E-state index contributed by atoms with van der Waals surface area (Å²) >= 11 is 0. The number of aromatic nitrogens is 4. The molecule has 160 valence electrons. The molecule has 0 spiro atoms. The van der Waals surface area contributed by atoms with Gasteiger partial charge in [0, 0.05) is 31.0 Å². The van der Waals surface area contributed by atoms with Gasteiger partial charge in [0.2, 0.25) is 5.95 Å². The molecule has 2 N–H and O–H groups in total. The van der Waals surface area contributed by atoms with Crippen LogP contribution in [0.25, 0.3) is 10.9 Å². The first-order valence-corrected chi connectivity index (χ1v) is 11.0. The molecule has 0 saturated carbocycles. The van der Waals surface area contributed by atoms with Crippen LogP contribution in [0.4, 0.5) is 27.7 Å². The fraction of sp³-hybridized carbons (Fsp3) is 0.150. The van der Waals surface area contributed by atoms with E-state index in [4.69, 9.17) is 4.74 Å². The van der Waals surface area contributed by atoms with Gasteiger partial charge < -0.3 is 10.1 Å². The Balaban J connectivity index is 2.03. The molecular formula is C20H19FN6O3S. The summed E-state index contributed by atoms with van der Waals surface area (Å²) in [5.74, 6) is 0.891. The van der Waals surface area contributed by atoms with Gasteiger partial charge in [-0.25, -0.2) is 17.8 Å². The topological polar surface area (TPSA) is 113 Å². The third-order valence-corrected chi connectivity index (χ3v) is 5.72. The number of halogens is 1. The Hall–Kier alpha value is -3.73. The molecule has 0 atom stereocenters. The van der Waals surface area contributed by atoms with Crippen molar-refractivity contribution in [1.82, 2.24) is 20.2 Å². The molecule has 4 aromatic rings. The number of anilines is 4. The number of methoxy groups -OCH3 is 1. The lowest BCUT2D eigenvalue weighted by atomic mass is 10.2. The van der Waals surface area contributed by atoms with Gasteiger partial charge in [0.15, 0.2) is 15.7 Å². The largest absolute Gasteiger partial charge is 0.497 e. The van der Waals surface area contributed by atoms with Crippen molar-refractivity contribution in [2.75, 3.05) is 30.6 Å². The Morgan fingerprint density at radius 1 is 1.19 bits per heavy atom. The minimum absolute atomic E-state index is 0.0441. The molecule has 2 heterocycles. The van der Waals surface area contributed by atoms with Gasteiger partial charge in [-0.1, -0.05) is 6.07 Å². The second-order valence-electron chi connectivity index (χ2n) is 6.68. The van der Waals surface area contributed by atoms with Crippen LogP contribution in [-0.2, 0) is 9.84 Å². The van der Waals surface area contributed by atoms with Crippen molar-refractivity contribution in [3.8, 4) is 5.75 Å². The van der Waals surface area contributed by atoms with E-state index in [1.54, 1.807) is 37.5 Å². The minimum atomic E-state index is -3.55. The van der Waals surface area contributed by atoms with Crippen molar-refractivity contribution >= 4 is 44.0 Å². The molecule has 0 aliphatic carbocycles. The summed E-state index contributed by atoms with van der Waals surface area (Å²) in [6.45, 7) is 0. The lowest BCUT2D eigenvalue weighted by Gasteiger charge is -2.22. The number of nitrogens with zero attached hydrogens (tertiary/aromatic N) is 4. The minimum Gasteiger partial charge on any atom is -0.497 e. The maximum absolute atomic E-state index is 14.3. The van der Waals surface area contributed by atoms with Crippen LogP contribution in [-0.4, -0.2) is 49.0 Å². The Kier molecular flexibility index (Phi) is 5.19. The molecule has 0 bridgehead atoms. The van der Waals surface area contributed by atoms with Gasteiger partial charge in [-0.3, -0.25) is 10.00 Å². The summed E-state index contributed by atoms with van der Waals surface area (Å²) in [4.78, 5) is 10.4. The Morgan fingerprint density at radius 2 is 2.00 bits per heavy atom. The molecule has 9 nitrogen and oxygen atoms in total. The van der Waals surface area contributed by atoms with E-state index in [2.05, 4.69) is 25.5 Å². The molecule has 0 unspecified atom stereocenters. The van der Waals surface area contributed by atoms with Gasteiger partial charge in [-0.05, 0) is 30.3 Å². The summed E-state index contributed by atoms with van der Waals surface area (Å²) in [7, 11) is -0.404. The van der Waals surface area contributed by atoms with Crippen molar-refractivity contribution in [3.05, 3.63) is 54.5 Å². The predicted molar refractivity (Wildman–Crippen MR) is 116 cm³/mol. The monoisotopic (exact) mass is 442 g/mol. The highest BCUT2D eigenvalue weighted by atomic mass is 32.2. The van der Waals surface area contributed by atoms with Crippen molar-refractivity contribution in [3.63, 3.8) is 0 Å². The van der Waals surface area contributed by atoms with Gasteiger partial charge in [-0.2, -0.15) is 10.1 Å². The maximum atomic E-state index is 14.3. The van der Waals surface area contributed by atoms with Crippen LogP contribution >= 0.6 is 0 Å². The highest BCUT2D eigenvalue weighted by Crippen LogP contribution is 2.38. The fourth-order valence-electron chi connectivity index (χ4n) is 3.11. The number of nitrogens with one attached hydrogen (secondary N) is 2. The number of fused-ring (bicyclic) bond motifs is 1. The number of H-pyrrole nitrogens is 1. The van der Waals surface area contributed by atoms with Crippen LogP contribution in [0, 0.1) is 5.82 Å². The molecule has 0 aliphatic heterocycles. The molecule has 4 rings (SSSR count). The Bertz CT molecular complexity index is 1370. The Morgan fingerprint density at radius 3 is 2.71 bits per heavy atom. The third-order valence-electron chi connectivity index (χ3n) is 4.63. The van der Waals surface area contributed by atoms with Crippen LogP contribution in [0.15, 0.2) is 53.6 Å². The zero-order chi connectivity index (χ0) is 22.2. The van der Waals surface area contributed by atoms with Crippen molar-refractivity contribution in [1.29, 1.82) is 0 Å². The van der Waals surface area contributed by atoms with E-state index in [9.17, 15) is 12.8 Å². The first kappa shape index (κ1) is 20.5. The molecule has 2 aromatic carbocycles. The number of ether oxygens (including phenoxy) is 1. The number of hydrogen-bond donors (Lipinski definition) is 2. The number of rotatable bonds is 6. The molecule has 0 amide bonds. The van der Waals surface area contributed by atoms with E-state index in [1.165, 1.54) is 30.2 Å². The zero-order valence-electron chi connectivity index (χ0n) is 16.9. The second-order valence-corrected chi connectivity index (χ2v) is 8.69. The van der Waals surface area contributed by atoms with Crippen LogP contribution in [0.2, 0.25) is 0 Å². The van der Waals surface area contributed by atoms with Crippen LogP contribution in [0.3, 0.4) is 0 Å². The fourth-order valence-corrected chi connectivity index (χ4v) is 3.77. The average molecular weight is 442 g/mol. The van der Waals surface area contributed by atoms with E-state index in [0.717, 1.165) is 6.26 Å². The lowest BCUT2D eigenvalue weighted by Crippen LogP contribution is -2.15. The van der Waals surface area contributed by atoms with E-state index >= 15 is 0 Å². The van der Waals surface area contributed by atoms with E-state index < -0.39 is 15.7 Å². The van der Waals surface area contributed by atoms with Crippen molar-refractivity contribution in [2.24, 2.45) is 0 Å². The normalized spacial score (nSPS) is 11.5. The van der Waals surface area contributed by atoms with Crippen LogP contribution in [0.1, 0.15) is 0 Å². The number of hydrogen-bond acceptors (Lipinski definition) is 8. The predicted octanol–water partition coefficient (Wildman–Crippen LogP) is 3.42. The summed E-state index contributed by atoms with van der Waals surface area (Å²) in [6, 6.07) is 10.8. The van der Waals surface area contributed by atoms with E-state index in [-0.39, 0.29) is 16.4 Å². The average Bonchev–Trinajstić information content (AvgIpc) is 3.18. The van der Waals surface area contributed by atoms with Gasteiger partial charge in [0.25, 0.3) is 0 Å². The third kappa shape index (κ3) is 3.87. The first-order chi connectivity index (χ1) is 14.8. The Labute approximate surface area is 177 Å². The standard InChI is InChI=1S/C20H19FN6O3S/c1-22-17-7-8-23-20(24-17)27(19-15-5-4-6-16(21)18(15)25-26-19)12-9-13(30-2)11-14(10-12)31(3,28)29/h4-11H,1-3H3,(H,25,26)(H,22,23,24). The first-order valence-electron chi connectivity index (χ1n) is 9.14. The van der Waals surface area contributed by atoms with Gasteiger partial charge in [0.1, 0.15) is 22.9 Å². The molecular weight excluding hydrogens is 423 g/mol. The van der Waals surface area contributed by atoms with Crippen molar-refractivity contribution < 1.29 is 17.5 Å². The van der Waals surface area contributed by atoms with Gasteiger partial charge in [0.05, 0.1) is 17.7 Å². The second kappa shape index (κ2) is 7.84. The smallest absolute Gasteiger partial charge is 0.237 e. The molecule has 0 radical (unpaired) electrons. The number of benzene rings is 2. The summed E-state index contributed by atoms with van der Waals surface area (Å²) in [5, 5.41) is 10.4. The molecule has 11 heteroatoms. The molecule has 0 saturated heterocycles. The number of sulfone groups is 1. The van der Waals surface area contributed by atoms with Crippen molar-refractivity contribution in [2.45, 2.75) is 4.90 Å². The summed E-state index contributed by atoms with van der Waals surface area (Å²) < 4.78 is 44.1. The van der Waals surface area contributed by atoms with Crippen LogP contribution in [0.5, 0.6) is 5.75 Å². The SMILES string of the molecule is CNc1ccnc(N(c2cc(OC)cc(S(C)(=O)=O)c2)c2n[nH]c3c(F)cccc23)n1. The van der Waals surface area contributed by atoms with E-state index in [1.807, 2.05) is 0 Å². The van der Waals surface area contributed by atoms with Crippen LogP contribution < -0.4 is 15.0 Å². The van der Waals surface area contributed by atoms with Gasteiger partial charge >= 0.3 is 0 Å². The summed E-state index contributed by atoms with van der Waals surface area (Å²) in [5.41, 5.74) is 0.587. The molecule has 31 heavy (non-hydrogen) atoms. The van der Waals surface area contributed by atoms with E-state index in [0.29, 0.717) is 28.5 Å². The summed E-state index contributed by atoms with van der Waals surface area (Å²) in [6.07, 6.45) is 2.65. The number of para-hydroxylation sites is 1. The quantitative estimate of drug-likeness (QED) is 0.467. The highest BCUT2D eigenvalue weighted by Gasteiger charge is 2.24. The molecule has 2 aromatic heterocycles. The highest BCUT2D eigenvalue weighted by molar-refractivity contribution is 7.90.